The molecule has 1 aromatic carbocycles. The molecule has 4 aliphatic rings. The average Bonchev–Trinajstić information content (AvgIpc) is 2.85. The molecule has 2 heterocycles. The van der Waals surface area contributed by atoms with Crippen LogP contribution in [-0.4, -0.2) is 36.4 Å². The summed E-state index contributed by atoms with van der Waals surface area (Å²) in [6, 6.07) is 4.99. The monoisotopic (exact) mass is 297 g/mol. The van der Waals surface area contributed by atoms with E-state index in [4.69, 9.17) is 4.74 Å². The predicted molar refractivity (Wildman–Crippen MR) is 84.4 cm³/mol. The number of rotatable bonds is 0. The SMILES string of the molecule is Cc1ccc2c3c1O[C@H]1C(=O)CC[C@@]4(C)[C@@H](C2)N(C)CC[C@]314. The average molecular weight is 297 g/mol. The Bertz CT molecular complexity index is 712. The molecule has 0 unspecified atom stereocenters. The number of hydrogen-bond donors (Lipinski definition) is 0. The highest BCUT2D eigenvalue weighted by Gasteiger charge is 2.70. The first-order valence-electron chi connectivity index (χ1n) is 8.51. The molecule has 3 nitrogen and oxygen atoms in total. The molecule has 3 heteroatoms. The number of ether oxygens (including phenoxy) is 1. The third-order valence-corrected chi connectivity index (χ3v) is 7.31. The van der Waals surface area contributed by atoms with Crippen molar-refractivity contribution in [3.63, 3.8) is 0 Å². The summed E-state index contributed by atoms with van der Waals surface area (Å²) in [5.41, 5.74) is 4.10. The number of benzene rings is 1. The highest BCUT2D eigenvalue weighted by Crippen LogP contribution is 2.67. The van der Waals surface area contributed by atoms with Crippen LogP contribution < -0.4 is 4.74 Å². The van der Waals surface area contributed by atoms with Crippen LogP contribution in [0.15, 0.2) is 12.1 Å². The minimum absolute atomic E-state index is 0.0750. The molecule has 1 saturated heterocycles. The van der Waals surface area contributed by atoms with Gasteiger partial charge in [-0.15, -0.1) is 0 Å². The van der Waals surface area contributed by atoms with Crippen LogP contribution in [0.4, 0.5) is 0 Å². The summed E-state index contributed by atoms with van der Waals surface area (Å²) < 4.78 is 6.35. The zero-order valence-electron chi connectivity index (χ0n) is 13.6. The topological polar surface area (TPSA) is 29.5 Å². The van der Waals surface area contributed by atoms with Crippen molar-refractivity contribution in [1.29, 1.82) is 0 Å². The first-order valence-corrected chi connectivity index (χ1v) is 8.51. The lowest BCUT2D eigenvalue weighted by atomic mass is 9.44. The normalized spacial score (nSPS) is 42.0. The van der Waals surface area contributed by atoms with Crippen LogP contribution >= 0.6 is 0 Å². The van der Waals surface area contributed by atoms with E-state index in [1.807, 2.05) is 0 Å². The Morgan fingerprint density at radius 1 is 1.32 bits per heavy atom. The number of nitrogens with zero attached hydrogens (tertiary/aromatic N) is 1. The van der Waals surface area contributed by atoms with Gasteiger partial charge in [-0.1, -0.05) is 19.1 Å². The zero-order chi connectivity index (χ0) is 15.3. The minimum Gasteiger partial charge on any atom is -0.481 e. The second-order valence-electron chi connectivity index (χ2n) is 8.05. The number of likely N-dealkylation sites (tertiary alicyclic amines) is 1. The van der Waals surface area contributed by atoms with Crippen LogP contribution in [-0.2, 0) is 16.6 Å². The molecule has 22 heavy (non-hydrogen) atoms. The van der Waals surface area contributed by atoms with Gasteiger partial charge in [0.2, 0.25) is 0 Å². The quantitative estimate of drug-likeness (QED) is 0.737. The van der Waals surface area contributed by atoms with Crippen molar-refractivity contribution in [2.45, 2.75) is 57.1 Å². The van der Waals surface area contributed by atoms with Gasteiger partial charge in [-0.25, -0.2) is 0 Å². The third-order valence-electron chi connectivity index (χ3n) is 7.31. The predicted octanol–water partition coefficient (Wildman–Crippen LogP) is 2.62. The van der Waals surface area contributed by atoms with Crippen LogP contribution in [0.25, 0.3) is 0 Å². The second-order valence-corrected chi connectivity index (χ2v) is 8.05. The zero-order valence-corrected chi connectivity index (χ0v) is 13.6. The van der Waals surface area contributed by atoms with E-state index < -0.39 is 0 Å². The number of ketones is 1. The van der Waals surface area contributed by atoms with Gasteiger partial charge in [0.15, 0.2) is 11.9 Å². The highest BCUT2D eigenvalue weighted by atomic mass is 16.5. The molecule has 1 spiro atoms. The fourth-order valence-electron chi connectivity index (χ4n) is 6.14. The number of carbonyl (C=O) groups is 1. The fourth-order valence-corrected chi connectivity index (χ4v) is 6.14. The number of carbonyl (C=O) groups excluding carboxylic acids is 1. The van der Waals surface area contributed by atoms with E-state index in [2.05, 4.69) is 37.9 Å². The van der Waals surface area contributed by atoms with Crippen LogP contribution in [0.3, 0.4) is 0 Å². The van der Waals surface area contributed by atoms with E-state index in [-0.39, 0.29) is 16.9 Å². The van der Waals surface area contributed by atoms with E-state index >= 15 is 0 Å². The maximum Gasteiger partial charge on any atom is 0.174 e. The third kappa shape index (κ3) is 1.16. The number of piperidine rings is 1. The van der Waals surface area contributed by atoms with Gasteiger partial charge in [-0.3, -0.25) is 4.79 Å². The minimum atomic E-state index is -0.238. The Kier molecular flexibility index (Phi) is 2.24. The Labute approximate surface area is 131 Å². The van der Waals surface area contributed by atoms with Crippen LogP contribution in [0.2, 0.25) is 0 Å². The van der Waals surface area contributed by atoms with E-state index in [1.54, 1.807) is 0 Å². The molecule has 2 fully saturated rings. The Balaban J connectivity index is 1.88. The summed E-state index contributed by atoms with van der Waals surface area (Å²) >= 11 is 0. The van der Waals surface area contributed by atoms with Crippen molar-refractivity contribution in [3.8, 4) is 5.75 Å². The Morgan fingerprint density at radius 2 is 2.14 bits per heavy atom. The number of aryl methyl sites for hydroxylation is 1. The molecule has 1 aromatic rings. The molecule has 5 rings (SSSR count). The largest absolute Gasteiger partial charge is 0.481 e. The van der Waals surface area contributed by atoms with Gasteiger partial charge in [0.1, 0.15) is 5.75 Å². The van der Waals surface area contributed by atoms with E-state index in [0.29, 0.717) is 18.2 Å². The standard InChI is InChI=1S/C19H23NO2/c1-11-4-5-12-10-14-18(2)7-6-13(21)17-19(18,8-9-20(14)3)15(12)16(11)22-17/h4-5,14,17H,6-10H2,1-3H3/t14-,17+,18+,19+/m1/s1. The van der Waals surface area contributed by atoms with Gasteiger partial charge in [-0.2, -0.15) is 0 Å². The van der Waals surface area contributed by atoms with E-state index in [0.717, 1.165) is 31.6 Å². The van der Waals surface area contributed by atoms with Gasteiger partial charge in [0.25, 0.3) is 0 Å². The highest BCUT2D eigenvalue weighted by molar-refractivity contribution is 5.89. The van der Waals surface area contributed by atoms with E-state index in [1.165, 1.54) is 16.7 Å². The second kappa shape index (κ2) is 3.76. The van der Waals surface area contributed by atoms with Crippen molar-refractivity contribution in [3.05, 3.63) is 28.8 Å². The summed E-state index contributed by atoms with van der Waals surface area (Å²) in [4.78, 5) is 15.2. The van der Waals surface area contributed by atoms with Crippen LogP contribution in [0.5, 0.6) is 5.75 Å². The maximum atomic E-state index is 12.7. The van der Waals surface area contributed by atoms with Gasteiger partial charge in [0, 0.05) is 18.0 Å². The van der Waals surface area contributed by atoms with Gasteiger partial charge < -0.3 is 9.64 Å². The van der Waals surface area contributed by atoms with Crippen LogP contribution in [0.1, 0.15) is 42.9 Å². The summed E-state index contributed by atoms with van der Waals surface area (Å²) in [7, 11) is 2.25. The lowest BCUT2D eigenvalue weighted by Gasteiger charge is -2.63. The molecule has 0 radical (unpaired) electrons. The van der Waals surface area contributed by atoms with Gasteiger partial charge >= 0.3 is 0 Å². The summed E-state index contributed by atoms with van der Waals surface area (Å²) in [6.45, 7) is 5.61. The van der Waals surface area contributed by atoms with Gasteiger partial charge in [0.05, 0.1) is 5.41 Å². The molecule has 1 saturated carbocycles. The van der Waals surface area contributed by atoms with Crippen molar-refractivity contribution >= 4 is 5.78 Å². The maximum absolute atomic E-state index is 12.7. The van der Waals surface area contributed by atoms with Crippen molar-refractivity contribution in [1.82, 2.24) is 4.90 Å². The smallest absolute Gasteiger partial charge is 0.174 e. The number of Topliss-reactive ketones (excluding diaryl/α,β-unsaturated/α-hetero) is 1. The molecule has 0 N–H and O–H groups in total. The van der Waals surface area contributed by atoms with Crippen molar-refractivity contribution in [2.24, 2.45) is 5.41 Å². The van der Waals surface area contributed by atoms with E-state index in [9.17, 15) is 4.79 Å². The lowest BCUT2D eigenvalue weighted by Crippen LogP contribution is -2.70. The molecular formula is C19H23NO2. The first-order chi connectivity index (χ1) is 10.5. The molecule has 116 valence electrons. The molecule has 0 aromatic heterocycles. The molecule has 0 amide bonds. The molecule has 4 atom stereocenters. The van der Waals surface area contributed by atoms with Gasteiger partial charge in [-0.05, 0) is 56.3 Å². The molecule has 2 aliphatic heterocycles. The lowest BCUT2D eigenvalue weighted by molar-refractivity contribution is -0.150. The van der Waals surface area contributed by atoms with Crippen molar-refractivity contribution in [2.75, 3.05) is 13.6 Å². The number of hydrogen-bond acceptors (Lipinski definition) is 3. The summed E-state index contributed by atoms with van der Waals surface area (Å²) in [5.74, 6) is 1.36. The molecular weight excluding hydrogens is 274 g/mol. The summed E-state index contributed by atoms with van der Waals surface area (Å²) in [5, 5.41) is 0. The summed E-state index contributed by atoms with van der Waals surface area (Å²) in [6.07, 6.45) is 3.60. The Morgan fingerprint density at radius 3 is 2.95 bits per heavy atom. The molecule has 2 bridgehead atoms. The molecule has 2 aliphatic carbocycles. The van der Waals surface area contributed by atoms with Crippen LogP contribution in [0, 0.1) is 12.3 Å². The van der Waals surface area contributed by atoms with Crippen molar-refractivity contribution < 1.29 is 9.53 Å². The first kappa shape index (κ1) is 13.1. The Hall–Kier alpha value is -1.35. The fraction of sp³-hybridized carbons (Fsp3) is 0.632. The number of likely N-dealkylation sites (N-methyl/N-ethyl adjacent to an activating group) is 1.